The van der Waals surface area contributed by atoms with Crippen LogP contribution in [-0.2, 0) is 19.1 Å². The van der Waals surface area contributed by atoms with Crippen LogP contribution in [-0.4, -0.2) is 52.8 Å². The summed E-state index contributed by atoms with van der Waals surface area (Å²) in [6.07, 6.45) is -1.05. The zero-order chi connectivity index (χ0) is 18.1. The van der Waals surface area contributed by atoms with Crippen LogP contribution in [0.1, 0.15) is 33.6 Å². The van der Waals surface area contributed by atoms with Crippen LogP contribution < -0.4 is 0 Å². The third-order valence-electron chi connectivity index (χ3n) is 3.87. The normalized spacial score (nSPS) is 19.0. The molecular formula is C15H12N2O8. The van der Waals surface area contributed by atoms with Crippen molar-refractivity contribution in [2.45, 2.75) is 18.9 Å². The van der Waals surface area contributed by atoms with Crippen molar-refractivity contribution in [1.29, 1.82) is 0 Å². The first-order valence-electron chi connectivity index (χ1n) is 7.40. The molecule has 0 aromatic heterocycles. The fraction of sp³-hybridized carbons (Fsp3) is 0.333. The molecule has 2 amide bonds. The summed E-state index contributed by atoms with van der Waals surface area (Å²) in [5, 5.41) is 11.0. The Balaban J connectivity index is 1.68. The third kappa shape index (κ3) is 2.93. The number of hydrogen-bond donors (Lipinski definition) is 0. The molecule has 0 N–H and O–H groups in total. The first-order chi connectivity index (χ1) is 11.9. The van der Waals surface area contributed by atoms with Crippen molar-refractivity contribution >= 4 is 29.4 Å². The number of ether oxygens (including phenoxy) is 2. The Kier molecular flexibility index (Phi) is 4.17. The third-order valence-corrected chi connectivity index (χ3v) is 3.87. The molecule has 1 aromatic carbocycles. The Labute approximate surface area is 140 Å². The minimum absolute atomic E-state index is 0.0769. The van der Waals surface area contributed by atoms with E-state index in [0.717, 1.165) is 11.0 Å². The molecule has 2 heterocycles. The van der Waals surface area contributed by atoms with Crippen LogP contribution in [0.15, 0.2) is 18.2 Å². The van der Waals surface area contributed by atoms with Crippen molar-refractivity contribution < 1.29 is 33.6 Å². The molecule has 25 heavy (non-hydrogen) atoms. The highest BCUT2D eigenvalue weighted by molar-refractivity contribution is 6.23. The number of amides is 2. The van der Waals surface area contributed by atoms with Crippen LogP contribution in [0.3, 0.4) is 0 Å². The Hall–Kier alpha value is -3.30. The quantitative estimate of drug-likeness (QED) is 0.324. The molecular weight excluding hydrogens is 336 g/mol. The minimum Gasteiger partial charge on any atom is -0.463 e. The van der Waals surface area contributed by atoms with E-state index >= 15 is 0 Å². The lowest BCUT2D eigenvalue weighted by molar-refractivity contribution is -0.385. The highest BCUT2D eigenvalue weighted by Gasteiger charge is 2.41. The SMILES string of the molecule is O=C(CCN1C(=O)c2cccc([N+](=O)[O-])c2C1=O)O[C@@H]1CCOC1=O. The Morgan fingerprint density at radius 2 is 2.08 bits per heavy atom. The lowest BCUT2D eigenvalue weighted by Crippen LogP contribution is -2.33. The minimum atomic E-state index is -0.976. The molecule has 0 aliphatic carbocycles. The maximum atomic E-state index is 12.3. The van der Waals surface area contributed by atoms with Crippen LogP contribution in [0.4, 0.5) is 5.69 Å². The standard InChI is InChI=1S/C15H12N2O8/c18-11(25-10-5-7-24-15(10)21)4-6-16-13(19)8-2-1-3-9(17(22)23)12(8)14(16)20/h1-3,10H,4-7H2/t10-/m1/s1. The Morgan fingerprint density at radius 1 is 1.32 bits per heavy atom. The number of imide groups is 1. The van der Waals surface area contributed by atoms with Gasteiger partial charge in [-0.05, 0) is 6.07 Å². The van der Waals surface area contributed by atoms with E-state index in [2.05, 4.69) is 4.74 Å². The summed E-state index contributed by atoms with van der Waals surface area (Å²) in [5.41, 5.74) is -0.827. The first-order valence-corrected chi connectivity index (χ1v) is 7.40. The van der Waals surface area contributed by atoms with Crippen LogP contribution in [0.25, 0.3) is 0 Å². The molecule has 1 saturated heterocycles. The highest BCUT2D eigenvalue weighted by Crippen LogP contribution is 2.30. The second-order valence-electron chi connectivity index (χ2n) is 5.40. The molecule has 130 valence electrons. The van der Waals surface area contributed by atoms with E-state index < -0.39 is 40.5 Å². The van der Waals surface area contributed by atoms with Gasteiger partial charge in [-0.25, -0.2) is 4.79 Å². The summed E-state index contributed by atoms with van der Waals surface area (Å²) in [4.78, 5) is 58.6. The number of rotatable bonds is 5. The van der Waals surface area contributed by atoms with Crippen molar-refractivity contribution in [3.63, 3.8) is 0 Å². The van der Waals surface area contributed by atoms with Gasteiger partial charge in [0, 0.05) is 19.0 Å². The van der Waals surface area contributed by atoms with Gasteiger partial charge in [-0.1, -0.05) is 6.07 Å². The fourth-order valence-corrected chi connectivity index (χ4v) is 2.68. The molecule has 0 unspecified atom stereocenters. The van der Waals surface area contributed by atoms with Gasteiger partial charge >= 0.3 is 11.9 Å². The molecule has 3 rings (SSSR count). The molecule has 0 bridgehead atoms. The number of esters is 2. The van der Waals surface area contributed by atoms with Gasteiger partial charge in [-0.3, -0.25) is 29.4 Å². The van der Waals surface area contributed by atoms with Crippen molar-refractivity contribution in [2.24, 2.45) is 0 Å². The smallest absolute Gasteiger partial charge is 0.347 e. The van der Waals surface area contributed by atoms with Crippen LogP contribution in [0.2, 0.25) is 0 Å². The number of hydrogen-bond acceptors (Lipinski definition) is 8. The molecule has 10 nitrogen and oxygen atoms in total. The Morgan fingerprint density at radius 3 is 2.72 bits per heavy atom. The van der Waals surface area contributed by atoms with E-state index in [0.29, 0.717) is 0 Å². The lowest BCUT2D eigenvalue weighted by atomic mass is 10.1. The summed E-state index contributed by atoms with van der Waals surface area (Å²) in [5.74, 6) is -2.95. The van der Waals surface area contributed by atoms with Crippen molar-refractivity contribution in [1.82, 2.24) is 4.90 Å². The number of carbonyl (C=O) groups excluding carboxylic acids is 4. The molecule has 1 fully saturated rings. The summed E-state index contributed by atoms with van der Waals surface area (Å²) in [6, 6.07) is 3.76. The van der Waals surface area contributed by atoms with Gasteiger partial charge in [-0.2, -0.15) is 0 Å². The van der Waals surface area contributed by atoms with Crippen LogP contribution >= 0.6 is 0 Å². The van der Waals surface area contributed by atoms with E-state index in [1.807, 2.05) is 0 Å². The molecule has 0 spiro atoms. The van der Waals surface area contributed by atoms with E-state index in [1.165, 1.54) is 12.1 Å². The van der Waals surface area contributed by atoms with E-state index in [9.17, 15) is 29.3 Å². The molecule has 1 atom stereocenters. The molecule has 2 aliphatic heterocycles. The molecule has 0 saturated carbocycles. The molecule has 1 aromatic rings. The number of nitro benzene ring substituents is 1. The van der Waals surface area contributed by atoms with Gasteiger partial charge in [0.2, 0.25) is 6.10 Å². The average molecular weight is 348 g/mol. The van der Waals surface area contributed by atoms with Gasteiger partial charge < -0.3 is 9.47 Å². The monoisotopic (exact) mass is 348 g/mol. The van der Waals surface area contributed by atoms with E-state index in [-0.39, 0.29) is 37.1 Å². The van der Waals surface area contributed by atoms with Gasteiger partial charge in [0.15, 0.2) is 0 Å². The van der Waals surface area contributed by atoms with Crippen molar-refractivity contribution in [3.05, 3.63) is 39.4 Å². The predicted octanol–water partition coefficient (Wildman–Crippen LogP) is 0.440. The number of nitrogens with zero attached hydrogens (tertiary/aromatic N) is 2. The maximum absolute atomic E-state index is 12.3. The van der Waals surface area contributed by atoms with Gasteiger partial charge in [-0.15, -0.1) is 0 Å². The fourth-order valence-electron chi connectivity index (χ4n) is 2.68. The van der Waals surface area contributed by atoms with E-state index in [1.54, 1.807) is 0 Å². The molecule has 10 heteroatoms. The first kappa shape index (κ1) is 16.6. The van der Waals surface area contributed by atoms with Gasteiger partial charge in [0.05, 0.1) is 23.5 Å². The van der Waals surface area contributed by atoms with Crippen molar-refractivity contribution in [3.8, 4) is 0 Å². The average Bonchev–Trinajstić information content (AvgIpc) is 3.08. The van der Waals surface area contributed by atoms with Gasteiger partial charge in [0.1, 0.15) is 5.56 Å². The topological polar surface area (TPSA) is 133 Å². The van der Waals surface area contributed by atoms with Crippen LogP contribution in [0, 0.1) is 10.1 Å². The zero-order valence-electron chi connectivity index (χ0n) is 12.8. The molecule has 0 radical (unpaired) electrons. The Bertz CT molecular complexity index is 803. The second kappa shape index (κ2) is 6.30. The number of nitro groups is 1. The number of fused-ring (bicyclic) bond motifs is 1. The second-order valence-corrected chi connectivity index (χ2v) is 5.40. The van der Waals surface area contributed by atoms with Crippen molar-refractivity contribution in [2.75, 3.05) is 13.2 Å². The number of cyclic esters (lactones) is 1. The maximum Gasteiger partial charge on any atom is 0.347 e. The molecule has 2 aliphatic rings. The predicted molar refractivity (Wildman–Crippen MR) is 78.5 cm³/mol. The summed E-state index contributed by atoms with van der Waals surface area (Å²) in [7, 11) is 0. The number of carbonyl (C=O) groups is 4. The zero-order valence-corrected chi connectivity index (χ0v) is 12.8. The van der Waals surface area contributed by atoms with E-state index in [4.69, 9.17) is 4.74 Å². The summed E-state index contributed by atoms with van der Waals surface area (Å²) in [6.45, 7) is -0.136. The highest BCUT2D eigenvalue weighted by atomic mass is 16.6. The lowest BCUT2D eigenvalue weighted by Gasteiger charge is -2.14. The largest absolute Gasteiger partial charge is 0.463 e. The van der Waals surface area contributed by atoms with Crippen LogP contribution in [0.5, 0.6) is 0 Å². The summed E-state index contributed by atoms with van der Waals surface area (Å²) >= 11 is 0. The summed E-state index contributed by atoms with van der Waals surface area (Å²) < 4.78 is 9.58. The van der Waals surface area contributed by atoms with Gasteiger partial charge in [0.25, 0.3) is 17.5 Å². The number of benzene rings is 1.